The Morgan fingerprint density at radius 1 is 1.04 bits per heavy atom. The van der Waals surface area contributed by atoms with Crippen LogP contribution in [0.5, 0.6) is 0 Å². The molecule has 1 unspecified atom stereocenters. The van der Waals surface area contributed by atoms with Crippen molar-refractivity contribution in [3.63, 3.8) is 0 Å². The molecule has 0 radical (unpaired) electrons. The summed E-state index contributed by atoms with van der Waals surface area (Å²) in [5, 5.41) is 0. The molecule has 0 amide bonds. The van der Waals surface area contributed by atoms with E-state index in [4.69, 9.17) is 4.74 Å². The molecule has 0 spiro atoms. The number of hydrogen-bond donors (Lipinski definition) is 0. The van der Waals surface area contributed by atoms with E-state index in [1.54, 1.807) is 4.31 Å². The minimum atomic E-state index is -3.34. The van der Waals surface area contributed by atoms with Crippen LogP contribution in [0.4, 0.5) is 0 Å². The molecule has 1 heterocycles. The Bertz CT molecular complexity index is 757. The Morgan fingerprint density at radius 3 is 2.42 bits per heavy atom. The van der Waals surface area contributed by atoms with Crippen molar-refractivity contribution < 1.29 is 13.2 Å². The number of ether oxygens (including phenoxy) is 1. The van der Waals surface area contributed by atoms with E-state index in [0.717, 1.165) is 17.5 Å². The maximum absolute atomic E-state index is 12.7. The van der Waals surface area contributed by atoms with Gasteiger partial charge in [-0.05, 0) is 23.1 Å². The second kappa shape index (κ2) is 7.47. The van der Waals surface area contributed by atoms with Crippen LogP contribution in [-0.4, -0.2) is 32.4 Å². The molecule has 3 rings (SSSR count). The molecule has 0 aromatic heterocycles. The van der Waals surface area contributed by atoms with Crippen LogP contribution in [0, 0.1) is 0 Å². The molecule has 0 N–H and O–H groups in total. The summed E-state index contributed by atoms with van der Waals surface area (Å²) in [7, 11) is -3.34. The number of morpholine rings is 1. The third-order valence-corrected chi connectivity index (χ3v) is 6.19. The molecule has 0 aliphatic carbocycles. The Labute approximate surface area is 144 Å². The van der Waals surface area contributed by atoms with E-state index in [2.05, 4.69) is 19.1 Å². The van der Waals surface area contributed by atoms with Gasteiger partial charge in [-0.2, -0.15) is 4.31 Å². The second-order valence-electron chi connectivity index (χ2n) is 6.05. The van der Waals surface area contributed by atoms with E-state index in [1.807, 2.05) is 42.5 Å². The molecule has 0 bridgehead atoms. The summed E-state index contributed by atoms with van der Waals surface area (Å²) in [4.78, 5) is 0. The molecular formula is C19H23NO3S. The molecule has 1 fully saturated rings. The number of rotatable bonds is 5. The van der Waals surface area contributed by atoms with Crippen molar-refractivity contribution in [3.8, 4) is 0 Å². The zero-order valence-electron chi connectivity index (χ0n) is 13.9. The predicted octanol–water partition coefficient (Wildman–Crippen LogP) is 3.15. The van der Waals surface area contributed by atoms with Crippen LogP contribution < -0.4 is 0 Å². The number of nitrogens with zero attached hydrogens (tertiary/aromatic N) is 1. The van der Waals surface area contributed by atoms with Gasteiger partial charge in [0, 0.05) is 13.1 Å². The highest BCUT2D eigenvalue weighted by Gasteiger charge is 2.30. The lowest BCUT2D eigenvalue weighted by Crippen LogP contribution is -2.42. The van der Waals surface area contributed by atoms with E-state index < -0.39 is 10.0 Å². The summed E-state index contributed by atoms with van der Waals surface area (Å²) >= 11 is 0. The van der Waals surface area contributed by atoms with Crippen molar-refractivity contribution in [1.29, 1.82) is 0 Å². The largest absolute Gasteiger partial charge is 0.371 e. The number of aryl methyl sites for hydroxylation is 1. The summed E-state index contributed by atoms with van der Waals surface area (Å²) in [6.45, 7) is 3.33. The molecule has 2 aromatic rings. The molecule has 2 aromatic carbocycles. The van der Waals surface area contributed by atoms with Gasteiger partial charge in [0.1, 0.15) is 0 Å². The van der Waals surface area contributed by atoms with Crippen molar-refractivity contribution in [3.05, 3.63) is 71.3 Å². The van der Waals surface area contributed by atoms with Gasteiger partial charge in [0.15, 0.2) is 0 Å². The average Bonchev–Trinajstić information content (AvgIpc) is 2.62. The minimum absolute atomic E-state index is 0.0370. The van der Waals surface area contributed by atoms with E-state index >= 15 is 0 Å². The summed E-state index contributed by atoms with van der Waals surface area (Å²) in [5.74, 6) is 0.0370. The Hall–Kier alpha value is -1.69. The number of benzene rings is 2. The van der Waals surface area contributed by atoms with Crippen LogP contribution in [0.2, 0.25) is 0 Å². The maximum atomic E-state index is 12.7. The standard InChI is InChI=1S/C19H23NO3S/c1-2-16-8-10-18(11-9-16)19-14-20(12-13-23-19)24(21,22)15-17-6-4-3-5-7-17/h3-11,19H,2,12-15H2,1H3. The summed E-state index contributed by atoms with van der Waals surface area (Å²) < 4.78 is 32.8. The zero-order chi connectivity index (χ0) is 17.0. The SMILES string of the molecule is CCc1ccc(C2CN(S(=O)(=O)Cc3ccccc3)CCO2)cc1. The van der Waals surface area contributed by atoms with Gasteiger partial charge in [-0.3, -0.25) is 0 Å². The summed E-state index contributed by atoms with van der Waals surface area (Å²) in [6.07, 6.45) is 0.791. The first kappa shape index (κ1) is 17.1. The van der Waals surface area contributed by atoms with Crippen molar-refractivity contribution in [2.24, 2.45) is 0 Å². The van der Waals surface area contributed by atoms with Gasteiger partial charge in [-0.1, -0.05) is 61.5 Å². The zero-order valence-corrected chi connectivity index (χ0v) is 14.7. The third kappa shape index (κ3) is 4.04. The summed E-state index contributed by atoms with van der Waals surface area (Å²) in [5.41, 5.74) is 3.11. The lowest BCUT2D eigenvalue weighted by molar-refractivity contribution is -0.00260. The van der Waals surface area contributed by atoms with Crippen LogP contribution in [0.15, 0.2) is 54.6 Å². The lowest BCUT2D eigenvalue weighted by Gasteiger charge is -2.32. The molecule has 4 nitrogen and oxygen atoms in total. The highest BCUT2D eigenvalue weighted by atomic mass is 32.2. The first-order valence-electron chi connectivity index (χ1n) is 8.30. The van der Waals surface area contributed by atoms with Crippen LogP contribution in [0.1, 0.15) is 29.7 Å². The van der Waals surface area contributed by atoms with Gasteiger partial charge in [-0.25, -0.2) is 8.42 Å². The fourth-order valence-corrected chi connectivity index (χ4v) is 4.44. The van der Waals surface area contributed by atoms with Crippen LogP contribution in [-0.2, 0) is 26.9 Å². The van der Waals surface area contributed by atoms with Crippen molar-refractivity contribution in [1.82, 2.24) is 4.31 Å². The fraction of sp³-hybridized carbons (Fsp3) is 0.368. The fourth-order valence-electron chi connectivity index (χ4n) is 2.92. The van der Waals surface area contributed by atoms with Gasteiger partial charge in [0.25, 0.3) is 0 Å². The quantitative estimate of drug-likeness (QED) is 0.836. The Kier molecular flexibility index (Phi) is 5.33. The first-order chi connectivity index (χ1) is 11.6. The Morgan fingerprint density at radius 2 is 1.75 bits per heavy atom. The summed E-state index contributed by atoms with van der Waals surface area (Å²) in [6, 6.07) is 17.5. The first-order valence-corrected chi connectivity index (χ1v) is 9.91. The molecule has 0 saturated carbocycles. The molecular weight excluding hydrogens is 322 g/mol. The van der Waals surface area contributed by atoms with E-state index in [1.165, 1.54) is 5.56 Å². The molecule has 5 heteroatoms. The second-order valence-corrected chi connectivity index (χ2v) is 8.02. The highest BCUT2D eigenvalue weighted by molar-refractivity contribution is 7.88. The minimum Gasteiger partial charge on any atom is -0.371 e. The van der Waals surface area contributed by atoms with Crippen LogP contribution in [0.3, 0.4) is 0 Å². The van der Waals surface area contributed by atoms with E-state index in [9.17, 15) is 8.42 Å². The third-order valence-electron chi connectivity index (χ3n) is 4.37. The number of sulfonamides is 1. The van der Waals surface area contributed by atoms with Crippen LogP contribution in [0.25, 0.3) is 0 Å². The van der Waals surface area contributed by atoms with Gasteiger partial charge >= 0.3 is 0 Å². The monoisotopic (exact) mass is 345 g/mol. The van der Waals surface area contributed by atoms with Gasteiger partial charge in [0.05, 0.1) is 18.5 Å². The molecule has 128 valence electrons. The predicted molar refractivity (Wildman–Crippen MR) is 95.2 cm³/mol. The molecule has 24 heavy (non-hydrogen) atoms. The smallest absolute Gasteiger partial charge is 0.218 e. The molecule has 1 aliphatic rings. The molecule has 1 aliphatic heterocycles. The Balaban J connectivity index is 1.72. The van der Waals surface area contributed by atoms with Gasteiger partial charge in [-0.15, -0.1) is 0 Å². The van der Waals surface area contributed by atoms with Crippen LogP contribution >= 0.6 is 0 Å². The molecule has 1 atom stereocenters. The van der Waals surface area contributed by atoms with Crippen molar-refractivity contribution in [2.75, 3.05) is 19.7 Å². The average molecular weight is 345 g/mol. The van der Waals surface area contributed by atoms with Gasteiger partial charge in [0.2, 0.25) is 10.0 Å². The van der Waals surface area contributed by atoms with Crippen molar-refractivity contribution >= 4 is 10.0 Å². The van der Waals surface area contributed by atoms with E-state index in [0.29, 0.717) is 19.7 Å². The van der Waals surface area contributed by atoms with Crippen molar-refractivity contribution in [2.45, 2.75) is 25.2 Å². The maximum Gasteiger partial charge on any atom is 0.218 e. The topological polar surface area (TPSA) is 46.6 Å². The normalized spacial score (nSPS) is 19.3. The van der Waals surface area contributed by atoms with E-state index in [-0.39, 0.29) is 11.9 Å². The van der Waals surface area contributed by atoms with Gasteiger partial charge < -0.3 is 4.74 Å². The lowest BCUT2D eigenvalue weighted by atomic mass is 10.1. The number of hydrogen-bond acceptors (Lipinski definition) is 3. The highest BCUT2D eigenvalue weighted by Crippen LogP contribution is 2.25. The molecule has 1 saturated heterocycles.